The van der Waals surface area contributed by atoms with Gasteiger partial charge in [0.1, 0.15) is 0 Å². The Labute approximate surface area is 257 Å². The van der Waals surface area contributed by atoms with Gasteiger partial charge in [-0.05, 0) is 50.6 Å². The minimum atomic E-state index is -0.441. The highest BCUT2D eigenvalue weighted by molar-refractivity contribution is 5.94. The fourth-order valence-corrected chi connectivity index (χ4v) is 8.19. The van der Waals surface area contributed by atoms with Crippen molar-refractivity contribution in [3.63, 3.8) is 0 Å². The Kier molecular flexibility index (Phi) is 5.20. The molecule has 2 heteroatoms. The van der Waals surface area contributed by atoms with Gasteiger partial charge in [-0.3, -0.25) is 0 Å². The van der Waals surface area contributed by atoms with Gasteiger partial charge < -0.3 is 0 Å². The van der Waals surface area contributed by atoms with Crippen molar-refractivity contribution < 1.29 is 0 Å². The molecular weight excluding hydrogens is 532 g/mol. The predicted octanol–water partition coefficient (Wildman–Crippen LogP) is 9.97. The van der Waals surface area contributed by atoms with Crippen LogP contribution in [0.25, 0.3) is 44.7 Å². The summed E-state index contributed by atoms with van der Waals surface area (Å²) in [4.78, 5) is 10.6. The van der Waals surface area contributed by atoms with E-state index in [0.717, 1.165) is 33.5 Å². The molecule has 0 unspecified atom stereocenters. The molecule has 6 aromatic carbocycles. The SMILES string of the molecule is CC1(C)c2ccccc2C2(c3ccccc3-c3ccccc32)c2cccc(-c3nc(-c4ccccc4)c4ccccc4n3)c21. The first-order chi connectivity index (χ1) is 21.6. The lowest BCUT2D eigenvalue weighted by Crippen LogP contribution is -2.41. The zero-order valence-corrected chi connectivity index (χ0v) is 24.8. The van der Waals surface area contributed by atoms with E-state index < -0.39 is 5.41 Å². The molecular formula is C42H30N2. The third-order valence-corrected chi connectivity index (χ3v) is 9.94. The van der Waals surface area contributed by atoms with Crippen molar-refractivity contribution in [1.29, 1.82) is 0 Å². The molecule has 2 aliphatic carbocycles. The van der Waals surface area contributed by atoms with Crippen LogP contribution in [0.5, 0.6) is 0 Å². The maximum absolute atomic E-state index is 5.36. The van der Waals surface area contributed by atoms with Gasteiger partial charge in [-0.25, -0.2) is 9.97 Å². The van der Waals surface area contributed by atoms with Crippen LogP contribution in [0, 0.1) is 0 Å². The van der Waals surface area contributed by atoms with Gasteiger partial charge in [0, 0.05) is 21.9 Å². The van der Waals surface area contributed by atoms with Gasteiger partial charge in [-0.1, -0.05) is 153 Å². The van der Waals surface area contributed by atoms with Crippen molar-refractivity contribution in [3.8, 4) is 33.8 Å². The first-order valence-corrected chi connectivity index (χ1v) is 15.4. The molecule has 0 fully saturated rings. The molecule has 9 rings (SSSR count). The maximum atomic E-state index is 5.36. The van der Waals surface area contributed by atoms with Crippen LogP contribution in [0.15, 0.2) is 146 Å². The van der Waals surface area contributed by atoms with Crippen LogP contribution in [0.3, 0.4) is 0 Å². The van der Waals surface area contributed by atoms with Crippen molar-refractivity contribution in [2.45, 2.75) is 24.7 Å². The van der Waals surface area contributed by atoms with Crippen molar-refractivity contribution in [2.24, 2.45) is 0 Å². The van der Waals surface area contributed by atoms with Crippen LogP contribution in [-0.2, 0) is 10.8 Å². The number of para-hydroxylation sites is 1. The van der Waals surface area contributed by atoms with E-state index in [9.17, 15) is 0 Å². The van der Waals surface area contributed by atoms with Crippen molar-refractivity contribution >= 4 is 10.9 Å². The van der Waals surface area contributed by atoms with Crippen molar-refractivity contribution in [2.75, 3.05) is 0 Å². The van der Waals surface area contributed by atoms with Gasteiger partial charge in [0.05, 0.1) is 16.6 Å². The molecule has 0 atom stereocenters. The maximum Gasteiger partial charge on any atom is 0.160 e. The highest BCUT2D eigenvalue weighted by Gasteiger charge is 2.53. The fourth-order valence-electron chi connectivity index (χ4n) is 8.19. The van der Waals surface area contributed by atoms with Gasteiger partial charge >= 0.3 is 0 Å². The second-order valence-corrected chi connectivity index (χ2v) is 12.5. The average molecular weight is 563 g/mol. The molecule has 0 radical (unpaired) electrons. The molecule has 0 bridgehead atoms. The lowest BCUT2D eigenvalue weighted by atomic mass is 9.55. The van der Waals surface area contributed by atoms with E-state index in [0.29, 0.717) is 0 Å². The smallest absolute Gasteiger partial charge is 0.160 e. The van der Waals surface area contributed by atoms with E-state index in [1.54, 1.807) is 0 Å². The summed E-state index contributed by atoms with van der Waals surface area (Å²) in [5, 5.41) is 1.06. The summed E-state index contributed by atoms with van der Waals surface area (Å²) in [6, 6.07) is 52.7. The van der Waals surface area contributed by atoms with E-state index in [1.807, 2.05) is 0 Å². The standard InChI is InChI=1S/C42H30N2/c1-41(2)34-23-11-12-24-35(34)42(32-21-9-6-17-28(32)29-18-7-10-22-33(29)42)36-25-14-20-31(38(36)41)40-43-37-26-13-8-19-30(37)39(44-40)27-15-4-3-5-16-27/h3-26H,1-2H3. The molecule has 0 aliphatic heterocycles. The summed E-state index contributed by atoms with van der Waals surface area (Å²) >= 11 is 0. The molecule has 7 aromatic rings. The fraction of sp³-hybridized carbons (Fsp3) is 0.0952. The van der Waals surface area contributed by atoms with Crippen LogP contribution >= 0.6 is 0 Å². The van der Waals surface area contributed by atoms with Crippen molar-refractivity contribution in [1.82, 2.24) is 9.97 Å². The Morgan fingerprint density at radius 3 is 1.70 bits per heavy atom. The minimum Gasteiger partial charge on any atom is -0.228 e. The summed E-state index contributed by atoms with van der Waals surface area (Å²) in [7, 11) is 0. The lowest BCUT2D eigenvalue weighted by molar-refractivity contribution is 0.564. The predicted molar refractivity (Wildman–Crippen MR) is 180 cm³/mol. The Balaban J connectivity index is 1.42. The quantitative estimate of drug-likeness (QED) is 0.210. The molecule has 0 saturated carbocycles. The topological polar surface area (TPSA) is 25.8 Å². The van der Waals surface area contributed by atoms with Gasteiger partial charge in [0.25, 0.3) is 0 Å². The highest BCUT2D eigenvalue weighted by Crippen LogP contribution is 2.62. The summed E-state index contributed by atoms with van der Waals surface area (Å²) in [6.07, 6.45) is 0. The number of hydrogen-bond acceptors (Lipinski definition) is 2. The van der Waals surface area contributed by atoms with E-state index in [-0.39, 0.29) is 5.41 Å². The Bertz CT molecular complexity index is 2220. The molecule has 0 amide bonds. The largest absolute Gasteiger partial charge is 0.228 e. The second kappa shape index (κ2) is 9.08. The molecule has 1 heterocycles. The summed E-state index contributed by atoms with van der Waals surface area (Å²) < 4.78 is 0. The lowest BCUT2D eigenvalue weighted by Gasteiger charge is -2.47. The molecule has 208 valence electrons. The van der Waals surface area contributed by atoms with Crippen LogP contribution in [-0.4, -0.2) is 9.97 Å². The van der Waals surface area contributed by atoms with Gasteiger partial charge in [0.15, 0.2) is 5.82 Å². The molecule has 1 aromatic heterocycles. The van der Waals surface area contributed by atoms with Crippen molar-refractivity contribution in [3.05, 3.63) is 179 Å². The molecule has 0 saturated heterocycles. The normalized spacial score (nSPS) is 15.0. The third kappa shape index (κ3) is 3.20. The first kappa shape index (κ1) is 25.2. The van der Waals surface area contributed by atoms with Gasteiger partial charge in [0.2, 0.25) is 0 Å². The van der Waals surface area contributed by atoms with E-state index in [2.05, 4.69) is 159 Å². The van der Waals surface area contributed by atoms with Crippen LogP contribution in [0.2, 0.25) is 0 Å². The van der Waals surface area contributed by atoms with Gasteiger partial charge in [-0.15, -0.1) is 0 Å². The Morgan fingerprint density at radius 2 is 0.977 bits per heavy atom. The number of benzene rings is 6. The first-order valence-electron chi connectivity index (χ1n) is 15.4. The monoisotopic (exact) mass is 562 g/mol. The van der Waals surface area contributed by atoms with Crippen LogP contribution in [0.4, 0.5) is 0 Å². The number of nitrogens with zero attached hydrogens (tertiary/aromatic N) is 2. The zero-order valence-electron chi connectivity index (χ0n) is 24.8. The van der Waals surface area contributed by atoms with Crippen LogP contribution < -0.4 is 0 Å². The molecule has 2 nitrogen and oxygen atoms in total. The Hall–Kier alpha value is -5.34. The second-order valence-electron chi connectivity index (χ2n) is 12.5. The van der Waals surface area contributed by atoms with Gasteiger partial charge in [-0.2, -0.15) is 0 Å². The Morgan fingerprint density at radius 1 is 0.432 bits per heavy atom. The van der Waals surface area contributed by atoms with E-state index in [1.165, 1.54) is 44.5 Å². The third-order valence-electron chi connectivity index (χ3n) is 9.94. The summed E-state index contributed by atoms with van der Waals surface area (Å²) in [5.41, 5.74) is 14.0. The highest BCUT2D eigenvalue weighted by atomic mass is 14.9. The summed E-state index contributed by atoms with van der Waals surface area (Å²) in [5.74, 6) is 0.765. The molecule has 1 spiro atoms. The number of aromatic nitrogens is 2. The number of fused-ring (bicyclic) bond motifs is 10. The number of rotatable bonds is 2. The number of hydrogen-bond donors (Lipinski definition) is 0. The van der Waals surface area contributed by atoms with E-state index in [4.69, 9.17) is 9.97 Å². The molecule has 0 N–H and O–H groups in total. The zero-order chi connectivity index (χ0) is 29.5. The molecule has 44 heavy (non-hydrogen) atoms. The molecule has 2 aliphatic rings. The van der Waals surface area contributed by atoms with Crippen LogP contribution in [0.1, 0.15) is 47.2 Å². The summed E-state index contributed by atoms with van der Waals surface area (Å²) in [6.45, 7) is 4.74. The van der Waals surface area contributed by atoms with E-state index >= 15 is 0 Å². The minimum absolute atomic E-state index is 0.290. The average Bonchev–Trinajstić information content (AvgIpc) is 3.38.